The quantitative estimate of drug-likeness (QED) is 0.321. The van der Waals surface area contributed by atoms with Crippen LogP contribution in [-0.4, -0.2) is 0 Å². The van der Waals surface area contributed by atoms with Crippen molar-refractivity contribution in [2.75, 3.05) is 0 Å². The average Bonchev–Trinajstić information content (AvgIpc) is 2.75. The Morgan fingerprint density at radius 3 is 2.16 bits per heavy atom. The first-order chi connectivity index (χ1) is 15.3. The van der Waals surface area contributed by atoms with Crippen LogP contribution in [0.4, 0.5) is 22.0 Å². The van der Waals surface area contributed by atoms with Gasteiger partial charge in [0.2, 0.25) is 0 Å². The van der Waals surface area contributed by atoms with Crippen molar-refractivity contribution in [3.63, 3.8) is 0 Å². The van der Waals surface area contributed by atoms with Gasteiger partial charge in [0, 0.05) is 5.56 Å². The fourth-order valence-electron chi connectivity index (χ4n) is 4.21. The van der Waals surface area contributed by atoms with E-state index in [1.165, 1.54) is 24.0 Å². The van der Waals surface area contributed by atoms with E-state index >= 15 is 0 Å². The average molecular weight is 447 g/mol. The maximum Gasteiger partial charge on any atom is 0.422 e. The van der Waals surface area contributed by atoms with Gasteiger partial charge in [0.15, 0.2) is 0 Å². The second kappa shape index (κ2) is 10.8. The molecular formula is C27H27F5. The van der Waals surface area contributed by atoms with E-state index in [-0.39, 0.29) is 5.56 Å². The van der Waals surface area contributed by atoms with E-state index in [4.69, 9.17) is 0 Å². The first kappa shape index (κ1) is 24.0. The summed E-state index contributed by atoms with van der Waals surface area (Å²) in [5, 5.41) is 0. The lowest BCUT2D eigenvalue weighted by Gasteiger charge is -2.27. The maximum absolute atomic E-state index is 13.6. The third-order valence-corrected chi connectivity index (χ3v) is 6.04. The second-order valence-corrected chi connectivity index (χ2v) is 8.40. The summed E-state index contributed by atoms with van der Waals surface area (Å²) >= 11 is 0. The van der Waals surface area contributed by atoms with Crippen LogP contribution in [0.1, 0.15) is 73.6 Å². The van der Waals surface area contributed by atoms with E-state index in [1.54, 1.807) is 6.08 Å². The zero-order valence-corrected chi connectivity index (χ0v) is 18.1. The molecule has 32 heavy (non-hydrogen) atoms. The molecule has 5 heteroatoms. The van der Waals surface area contributed by atoms with Crippen LogP contribution in [0.5, 0.6) is 0 Å². The van der Waals surface area contributed by atoms with Gasteiger partial charge in [-0.15, -0.1) is 0 Å². The highest BCUT2D eigenvalue weighted by Gasteiger charge is 2.37. The summed E-state index contributed by atoms with van der Waals surface area (Å²) in [7, 11) is 0. The smallest absolute Gasteiger partial charge is 0.206 e. The Morgan fingerprint density at radius 2 is 1.59 bits per heavy atom. The molecule has 2 aromatic carbocycles. The Balaban J connectivity index is 1.53. The molecule has 0 aliphatic heterocycles. The van der Waals surface area contributed by atoms with Gasteiger partial charge >= 0.3 is 6.18 Å². The number of allylic oxidation sites excluding steroid dienone is 2. The zero-order chi connectivity index (χ0) is 23.1. The molecule has 170 valence electrons. The summed E-state index contributed by atoms with van der Waals surface area (Å²) < 4.78 is 65.1. The lowest BCUT2D eigenvalue weighted by Crippen LogP contribution is -2.11. The Morgan fingerprint density at radius 1 is 0.969 bits per heavy atom. The molecule has 0 aromatic heterocycles. The van der Waals surface area contributed by atoms with Crippen LogP contribution in [0.15, 0.2) is 48.6 Å². The van der Waals surface area contributed by atoms with Crippen molar-refractivity contribution < 1.29 is 22.0 Å². The van der Waals surface area contributed by atoms with Crippen LogP contribution in [0.2, 0.25) is 0 Å². The van der Waals surface area contributed by atoms with Crippen LogP contribution < -0.4 is 0 Å². The number of halogens is 5. The minimum absolute atomic E-state index is 0.122. The Kier molecular flexibility index (Phi) is 8.12. The molecule has 3 rings (SSSR count). The molecular weight excluding hydrogens is 419 g/mol. The molecule has 0 unspecified atom stereocenters. The van der Waals surface area contributed by atoms with Gasteiger partial charge in [0.1, 0.15) is 17.2 Å². The summed E-state index contributed by atoms with van der Waals surface area (Å²) in [5.41, 5.74) is 0.770. The fraction of sp³-hybridized carbons (Fsp3) is 0.407. The molecule has 1 aliphatic rings. The molecule has 2 aromatic rings. The highest BCUT2D eigenvalue weighted by Crippen LogP contribution is 2.36. The summed E-state index contributed by atoms with van der Waals surface area (Å²) in [4.78, 5) is 0. The highest BCUT2D eigenvalue weighted by atomic mass is 19.4. The van der Waals surface area contributed by atoms with Crippen molar-refractivity contribution >= 4 is 0 Å². The molecule has 0 nitrogen and oxygen atoms in total. The van der Waals surface area contributed by atoms with E-state index in [1.807, 2.05) is 6.08 Å². The second-order valence-electron chi connectivity index (χ2n) is 8.40. The molecule has 1 aliphatic carbocycles. The van der Waals surface area contributed by atoms with Gasteiger partial charge in [-0.2, -0.15) is 13.2 Å². The van der Waals surface area contributed by atoms with Crippen molar-refractivity contribution in [3.05, 3.63) is 82.4 Å². The molecule has 0 amide bonds. The number of unbranched alkanes of at least 4 members (excludes halogenated alkanes) is 1. The fourth-order valence-corrected chi connectivity index (χ4v) is 4.21. The predicted octanol–water partition coefficient (Wildman–Crippen LogP) is 8.21. The first-order valence-corrected chi connectivity index (χ1v) is 11.1. The number of benzene rings is 2. The molecule has 0 saturated heterocycles. The van der Waals surface area contributed by atoms with Gasteiger partial charge in [-0.05, 0) is 79.7 Å². The van der Waals surface area contributed by atoms with E-state index in [0.717, 1.165) is 32.1 Å². The van der Waals surface area contributed by atoms with Crippen molar-refractivity contribution in [1.82, 2.24) is 0 Å². The minimum Gasteiger partial charge on any atom is -0.206 e. The minimum atomic E-state index is -5.07. The van der Waals surface area contributed by atoms with Crippen LogP contribution in [-0.2, 0) is 12.6 Å². The standard InChI is InChI=1S/C27H27F5/c1-2-3-6-19-9-13-22(14-10-19)23-15-11-20(12-16-23)7-4-5-8-21-17-24(28)26(25(29)18-21)27(30,31)32/h4,7,9-10,13-14,17-18,20,23H,2-3,6,11-12,15-16H2,1H3/b7-4+/t20-,23-. The van der Waals surface area contributed by atoms with Gasteiger partial charge in [-0.3, -0.25) is 0 Å². The third-order valence-electron chi connectivity index (χ3n) is 6.04. The molecule has 1 fully saturated rings. The van der Waals surface area contributed by atoms with E-state index < -0.39 is 23.4 Å². The normalized spacial score (nSPS) is 19.1. The number of aryl methyl sites for hydroxylation is 1. The van der Waals surface area contributed by atoms with Gasteiger partial charge in [-0.25, -0.2) is 8.78 Å². The van der Waals surface area contributed by atoms with Crippen LogP contribution in [0.25, 0.3) is 0 Å². The van der Waals surface area contributed by atoms with Gasteiger partial charge < -0.3 is 0 Å². The Labute approximate surface area is 186 Å². The lowest BCUT2D eigenvalue weighted by molar-refractivity contribution is -0.142. The van der Waals surface area contributed by atoms with E-state index in [0.29, 0.717) is 24.0 Å². The summed E-state index contributed by atoms with van der Waals surface area (Å²) in [6, 6.07) is 10.2. The molecule has 0 radical (unpaired) electrons. The molecule has 1 saturated carbocycles. The van der Waals surface area contributed by atoms with Crippen LogP contribution in [0, 0.1) is 29.4 Å². The number of hydrogen-bond donors (Lipinski definition) is 0. The predicted molar refractivity (Wildman–Crippen MR) is 117 cm³/mol. The van der Waals surface area contributed by atoms with Gasteiger partial charge in [-0.1, -0.05) is 55.5 Å². The summed E-state index contributed by atoms with van der Waals surface area (Å²) in [6.07, 6.45) is 6.31. The molecule has 0 bridgehead atoms. The van der Waals surface area contributed by atoms with Crippen molar-refractivity contribution in [2.45, 2.75) is 64.0 Å². The van der Waals surface area contributed by atoms with Gasteiger partial charge in [0.05, 0.1) is 0 Å². The maximum atomic E-state index is 13.6. The Hall–Kier alpha value is -2.61. The largest absolute Gasteiger partial charge is 0.422 e. The Bertz CT molecular complexity index is 958. The monoisotopic (exact) mass is 446 g/mol. The summed E-state index contributed by atoms with van der Waals surface area (Å²) in [6.45, 7) is 2.20. The molecule has 0 heterocycles. The van der Waals surface area contributed by atoms with E-state index in [2.05, 4.69) is 43.0 Å². The van der Waals surface area contributed by atoms with Crippen molar-refractivity contribution in [3.8, 4) is 11.8 Å². The summed E-state index contributed by atoms with van der Waals surface area (Å²) in [5.74, 6) is 2.84. The highest BCUT2D eigenvalue weighted by molar-refractivity contribution is 5.40. The first-order valence-electron chi connectivity index (χ1n) is 11.1. The van der Waals surface area contributed by atoms with E-state index in [9.17, 15) is 22.0 Å². The van der Waals surface area contributed by atoms with Crippen LogP contribution in [0.3, 0.4) is 0 Å². The molecule has 0 atom stereocenters. The van der Waals surface area contributed by atoms with Gasteiger partial charge in [0.25, 0.3) is 0 Å². The molecule has 0 N–H and O–H groups in total. The topological polar surface area (TPSA) is 0 Å². The van der Waals surface area contributed by atoms with Crippen molar-refractivity contribution in [1.29, 1.82) is 0 Å². The third kappa shape index (κ3) is 6.45. The van der Waals surface area contributed by atoms with Crippen molar-refractivity contribution in [2.24, 2.45) is 5.92 Å². The lowest BCUT2D eigenvalue weighted by atomic mass is 9.78. The SMILES string of the molecule is CCCCc1ccc([C@H]2CC[C@H](/C=C/C#Cc3cc(F)c(C(F)(F)F)c(F)c3)CC2)cc1. The van der Waals surface area contributed by atoms with Crippen LogP contribution >= 0.6 is 0 Å². The zero-order valence-electron chi connectivity index (χ0n) is 18.1. The number of alkyl halides is 3. The molecule has 0 spiro atoms. The number of hydrogen-bond acceptors (Lipinski definition) is 0. The number of rotatable bonds is 5.